The van der Waals surface area contributed by atoms with E-state index >= 15 is 0 Å². The molecule has 0 aliphatic carbocycles. The second kappa shape index (κ2) is 8.97. The van der Waals surface area contributed by atoms with E-state index in [0.717, 1.165) is 6.07 Å². The average molecular weight is 361 g/mol. The molecule has 2 aromatic carbocycles. The van der Waals surface area contributed by atoms with E-state index in [4.69, 9.17) is 0 Å². The van der Waals surface area contributed by atoms with Crippen LogP contribution in [0.15, 0.2) is 35.2 Å². The van der Waals surface area contributed by atoms with Gasteiger partial charge in [0.2, 0.25) is 0 Å². The predicted octanol–water partition coefficient (Wildman–Crippen LogP) is -5.03. The fourth-order valence-corrected chi connectivity index (χ4v) is 2.56. The molecule has 2 rings (SSSR count). The molecule has 0 fully saturated rings. The number of hydrogen-bond donors (Lipinski definition) is 1. The summed E-state index contributed by atoms with van der Waals surface area (Å²) in [6, 6.07) is 6.85. The molecular weight excluding hydrogens is 352 g/mol. The monoisotopic (exact) mass is 361 g/mol. The molecule has 108 valence electrons. The number of nitrogens with one attached hydrogen (secondary N) is 1. The van der Waals surface area contributed by atoms with Crippen LogP contribution < -0.4 is 68.6 Å². The maximum atomic E-state index is 11.1. The molecule has 0 aliphatic heterocycles. The van der Waals surface area contributed by atoms with E-state index in [1.165, 1.54) is 6.07 Å². The first-order valence-corrected chi connectivity index (χ1v) is 7.71. The molecule has 0 aromatic heterocycles. The Hall–Kier alpha value is 0.320. The zero-order valence-electron chi connectivity index (χ0n) is 12.2. The summed E-state index contributed by atoms with van der Waals surface area (Å²) in [6.07, 6.45) is 0. The molecule has 0 heterocycles. The van der Waals surface area contributed by atoms with Gasteiger partial charge in [0.1, 0.15) is 27.2 Å². The summed E-state index contributed by atoms with van der Waals surface area (Å²) < 4.78 is 59.1. The van der Waals surface area contributed by atoms with Crippen molar-refractivity contribution in [2.24, 2.45) is 0 Å². The van der Waals surface area contributed by atoms with E-state index in [9.17, 15) is 21.7 Å². The maximum Gasteiger partial charge on any atom is 1.00 e. The van der Waals surface area contributed by atoms with Crippen LogP contribution in [0.25, 0.3) is 10.8 Å². The van der Waals surface area contributed by atoms with E-state index in [2.05, 4.69) is 9.50 Å². The summed E-state index contributed by atoms with van der Waals surface area (Å²) in [5, 5.41) is 3.59. The molecule has 11 heteroatoms. The molecule has 0 bridgehead atoms. The normalized spacial score (nSPS) is 12.0. The Morgan fingerprint density at radius 1 is 1.18 bits per heavy atom. The number of hydrogen-bond acceptors (Lipinski definition) is 7. The first kappa shape index (κ1) is 22.3. The van der Waals surface area contributed by atoms with Gasteiger partial charge in [-0.25, -0.2) is 12.6 Å². The van der Waals surface area contributed by atoms with Crippen LogP contribution in [0.5, 0.6) is 5.75 Å². The molecule has 0 aliphatic rings. The molecule has 22 heavy (non-hydrogen) atoms. The van der Waals surface area contributed by atoms with E-state index in [-0.39, 0.29) is 64.9 Å². The second-order valence-corrected chi connectivity index (χ2v) is 5.80. The van der Waals surface area contributed by atoms with Crippen molar-refractivity contribution in [3.63, 3.8) is 0 Å². The van der Waals surface area contributed by atoms with Crippen molar-refractivity contribution in [1.29, 1.82) is 0 Å². The molecule has 1 atom stereocenters. The van der Waals surface area contributed by atoms with Gasteiger partial charge in [-0.1, -0.05) is 0 Å². The zero-order chi connectivity index (χ0) is 14.9. The molecule has 0 radical (unpaired) electrons. The van der Waals surface area contributed by atoms with E-state index in [1.807, 2.05) is 0 Å². The summed E-state index contributed by atoms with van der Waals surface area (Å²) in [6.45, 7) is 0. The summed E-state index contributed by atoms with van der Waals surface area (Å²) in [5.74, 6) is -0.215. The number of anilines is 1. The van der Waals surface area contributed by atoms with Gasteiger partial charge < -0.3 is 18.6 Å². The van der Waals surface area contributed by atoms with Crippen molar-refractivity contribution in [2.45, 2.75) is 4.90 Å². The second-order valence-electron chi connectivity index (χ2n) is 3.85. The molecule has 0 saturated heterocycles. The van der Waals surface area contributed by atoms with Crippen LogP contribution in [-0.4, -0.2) is 28.8 Å². The van der Waals surface area contributed by atoms with Crippen molar-refractivity contribution in [2.75, 3.05) is 12.4 Å². The summed E-state index contributed by atoms with van der Waals surface area (Å²) in [5.41, 5.74) is 0.673. The zero-order valence-corrected chi connectivity index (χ0v) is 17.8. The van der Waals surface area contributed by atoms with Crippen molar-refractivity contribution >= 4 is 37.9 Å². The molecule has 2 aromatic rings. The van der Waals surface area contributed by atoms with E-state index < -0.39 is 26.4 Å². The van der Waals surface area contributed by atoms with Crippen LogP contribution in [0.4, 0.5) is 5.69 Å². The molecule has 0 spiro atoms. The molecule has 0 amide bonds. The van der Waals surface area contributed by atoms with Gasteiger partial charge in [-0.05, 0) is 35.7 Å². The fraction of sp³-hybridized carbons (Fsp3) is 0.0909. The van der Waals surface area contributed by atoms with Crippen LogP contribution in [-0.2, 0) is 21.5 Å². The van der Waals surface area contributed by atoms with E-state index in [1.54, 1.807) is 25.2 Å². The third-order valence-electron chi connectivity index (χ3n) is 2.62. The topological polar surface area (TPSA) is 119 Å². The number of fused-ring (bicyclic) bond motifs is 1. The third kappa shape index (κ3) is 5.45. The fourth-order valence-electron chi connectivity index (χ4n) is 1.75. The van der Waals surface area contributed by atoms with Crippen molar-refractivity contribution < 1.29 is 85.0 Å². The van der Waals surface area contributed by atoms with Gasteiger partial charge in [0.15, 0.2) is 0 Å². The van der Waals surface area contributed by atoms with Crippen molar-refractivity contribution in [3.8, 4) is 5.75 Å². The average Bonchev–Trinajstić information content (AvgIpc) is 2.36. The Morgan fingerprint density at radius 3 is 2.32 bits per heavy atom. The number of rotatable bonds is 4. The summed E-state index contributed by atoms with van der Waals surface area (Å²) in [4.78, 5) is -0.557. The summed E-state index contributed by atoms with van der Waals surface area (Å²) in [7, 11) is -3.06. The standard InChI is InChI=1S/C11H11NO6S2.2Na/c1-12-8-2-3-10-7(4-8)5-9(20(15,16)17)6-11(10)18-19(13)14;;/h2-6,12H,1H3,(H,13,14)(H,15,16,17);;/q;2*+1/p-2. The van der Waals surface area contributed by atoms with Crippen LogP contribution in [0.2, 0.25) is 0 Å². The van der Waals surface area contributed by atoms with E-state index in [0.29, 0.717) is 16.5 Å². The Labute approximate surface area is 174 Å². The molecule has 1 unspecified atom stereocenters. The van der Waals surface area contributed by atoms with Crippen LogP contribution in [0.1, 0.15) is 0 Å². The van der Waals surface area contributed by atoms with Gasteiger partial charge >= 0.3 is 59.1 Å². The molecule has 7 nitrogen and oxygen atoms in total. The predicted molar refractivity (Wildman–Crippen MR) is 71.0 cm³/mol. The molecular formula is C11H9NNa2O6S2. The Morgan fingerprint density at radius 2 is 1.82 bits per heavy atom. The van der Waals surface area contributed by atoms with Crippen LogP contribution in [0.3, 0.4) is 0 Å². The SMILES string of the molecule is CNc1ccc2c(OS(=O)[O-])cc(S(=O)(=O)[O-])cc2c1.[Na+].[Na+]. The maximum absolute atomic E-state index is 11.1. The van der Waals surface area contributed by atoms with Gasteiger partial charge in [0, 0.05) is 18.1 Å². The Bertz CT molecular complexity index is 797. The Balaban J connectivity index is 0.00000220. The van der Waals surface area contributed by atoms with Gasteiger partial charge in [-0.2, -0.15) is 0 Å². The Kier molecular flexibility index (Phi) is 9.10. The van der Waals surface area contributed by atoms with Gasteiger partial charge in [0.05, 0.1) is 4.90 Å². The first-order chi connectivity index (χ1) is 9.31. The van der Waals surface area contributed by atoms with Gasteiger partial charge in [0.25, 0.3) is 0 Å². The van der Waals surface area contributed by atoms with Crippen LogP contribution in [0, 0.1) is 0 Å². The van der Waals surface area contributed by atoms with Gasteiger partial charge in [-0.3, -0.25) is 0 Å². The van der Waals surface area contributed by atoms with Gasteiger partial charge in [-0.15, -0.1) is 0 Å². The minimum Gasteiger partial charge on any atom is -0.744 e. The van der Waals surface area contributed by atoms with Crippen molar-refractivity contribution in [3.05, 3.63) is 30.3 Å². The summed E-state index contributed by atoms with van der Waals surface area (Å²) >= 11 is -2.88. The number of benzene rings is 2. The first-order valence-electron chi connectivity index (χ1n) is 5.30. The van der Waals surface area contributed by atoms with Crippen molar-refractivity contribution in [1.82, 2.24) is 0 Å². The quantitative estimate of drug-likeness (QED) is 0.329. The minimum atomic E-state index is -4.72. The largest absolute Gasteiger partial charge is 1.00 e. The minimum absolute atomic E-state index is 0. The van der Waals surface area contributed by atoms with Crippen LogP contribution >= 0.6 is 0 Å². The smallest absolute Gasteiger partial charge is 0.744 e. The molecule has 1 N–H and O–H groups in total. The third-order valence-corrected chi connectivity index (χ3v) is 3.75. The molecule has 0 saturated carbocycles.